The van der Waals surface area contributed by atoms with E-state index in [1.54, 1.807) is 0 Å². The minimum Gasteiger partial charge on any atom is -0.0940 e. The van der Waals surface area contributed by atoms with Crippen molar-refractivity contribution in [2.75, 3.05) is 6.54 Å². The van der Waals surface area contributed by atoms with Crippen LogP contribution >= 0.6 is 0 Å². The van der Waals surface area contributed by atoms with E-state index in [1.807, 2.05) is 0 Å². The summed E-state index contributed by atoms with van der Waals surface area (Å²) in [6, 6.07) is 0. The molecule has 0 unspecified atom stereocenters. The van der Waals surface area contributed by atoms with Crippen LogP contribution in [0.5, 0.6) is 0 Å². The maximum atomic E-state index is 7.81. The highest BCUT2D eigenvalue weighted by atomic mass is 15.1. The average molecular weight is 112 g/mol. The third kappa shape index (κ3) is 5.31. The molecular formula is C5H10N3. The van der Waals surface area contributed by atoms with Crippen LogP contribution in [-0.2, 0) is 0 Å². The van der Waals surface area contributed by atoms with Crippen molar-refractivity contribution in [2.45, 2.75) is 19.3 Å². The summed E-state index contributed by atoms with van der Waals surface area (Å²) in [6.07, 6.45) is 2.95. The highest BCUT2D eigenvalue weighted by Gasteiger charge is 1.79. The SMILES string of the molecule is [CH2]CCCCN=[N+]=[N-]. The van der Waals surface area contributed by atoms with E-state index in [4.69, 9.17) is 5.53 Å². The lowest BCUT2D eigenvalue weighted by Crippen LogP contribution is -1.76. The van der Waals surface area contributed by atoms with Crippen LogP contribution in [-0.4, -0.2) is 6.54 Å². The summed E-state index contributed by atoms with van der Waals surface area (Å²) in [4.78, 5) is 2.61. The molecule has 0 aliphatic carbocycles. The summed E-state index contributed by atoms with van der Waals surface area (Å²) in [6.45, 7) is 4.27. The quantitative estimate of drug-likeness (QED) is 0.232. The molecule has 0 fully saturated rings. The summed E-state index contributed by atoms with van der Waals surface area (Å²) in [5.41, 5.74) is 7.81. The number of hydrogen-bond acceptors (Lipinski definition) is 1. The topological polar surface area (TPSA) is 48.8 Å². The van der Waals surface area contributed by atoms with Crippen LogP contribution in [0.25, 0.3) is 10.4 Å². The van der Waals surface area contributed by atoms with Crippen LogP contribution in [0.3, 0.4) is 0 Å². The lowest BCUT2D eigenvalue weighted by molar-refractivity contribution is 0.754. The number of rotatable bonds is 4. The fourth-order valence-corrected chi connectivity index (χ4v) is 0.404. The first-order chi connectivity index (χ1) is 3.91. The van der Waals surface area contributed by atoms with Crippen LogP contribution in [0.1, 0.15) is 19.3 Å². The zero-order chi connectivity index (χ0) is 6.24. The molecule has 45 valence electrons. The standard InChI is InChI=1S/C5H10N3/c1-2-3-4-5-7-8-6/h1-5H2. The zero-order valence-electron chi connectivity index (χ0n) is 4.88. The molecule has 0 heterocycles. The van der Waals surface area contributed by atoms with Gasteiger partial charge < -0.3 is 0 Å². The molecule has 1 radical (unpaired) electrons. The molecule has 0 amide bonds. The van der Waals surface area contributed by atoms with E-state index < -0.39 is 0 Å². The first-order valence-corrected chi connectivity index (χ1v) is 2.72. The Balaban J connectivity index is 2.82. The van der Waals surface area contributed by atoms with Crippen molar-refractivity contribution in [3.05, 3.63) is 17.4 Å². The van der Waals surface area contributed by atoms with E-state index in [1.165, 1.54) is 0 Å². The molecule has 0 atom stereocenters. The zero-order valence-corrected chi connectivity index (χ0v) is 4.88. The molecule has 8 heavy (non-hydrogen) atoms. The van der Waals surface area contributed by atoms with Gasteiger partial charge in [-0.1, -0.05) is 24.9 Å². The summed E-state index contributed by atoms with van der Waals surface area (Å²) in [5, 5.41) is 3.36. The van der Waals surface area contributed by atoms with Crippen molar-refractivity contribution < 1.29 is 0 Å². The van der Waals surface area contributed by atoms with Gasteiger partial charge in [-0.3, -0.25) is 0 Å². The monoisotopic (exact) mass is 112 g/mol. The Kier molecular flexibility index (Phi) is 5.77. The van der Waals surface area contributed by atoms with Crippen molar-refractivity contribution in [3.63, 3.8) is 0 Å². The van der Waals surface area contributed by atoms with Gasteiger partial charge in [0.05, 0.1) is 0 Å². The summed E-state index contributed by atoms with van der Waals surface area (Å²) in [5.74, 6) is 0. The molecule has 3 heteroatoms. The first kappa shape index (κ1) is 7.31. The van der Waals surface area contributed by atoms with E-state index in [0.29, 0.717) is 6.54 Å². The highest BCUT2D eigenvalue weighted by Crippen LogP contribution is 1.92. The minimum atomic E-state index is 0.617. The fraction of sp³-hybridized carbons (Fsp3) is 0.800. The lowest BCUT2D eigenvalue weighted by atomic mass is 10.3. The van der Waals surface area contributed by atoms with E-state index in [9.17, 15) is 0 Å². The van der Waals surface area contributed by atoms with Gasteiger partial charge in [0.2, 0.25) is 0 Å². The maximum absolute atomic E-state index is 7.81. The van der Waals surface area contributed by atoms with Gasteiger partial charge in [-0.25, -0.2) is 0 Å². The Hall–Kier alpha value is -0.690. The lowest BCUT2D eigenvalue weighted by Gasteiger charge is -1.86. The predicted octanol–water partition coefficient (Wildman–Crippen LogP) is 2.30. The second kappa shape index (κ2) is 6.31. The van der Waals surface area contributed by atoms with Gasteiger partial charge in [0.15, 0.2) is 0 Å². The Labute approximate surface area is 49.3 Å². The van der Waals surface area contributed by atoms with Gasteiger partial charge in [-0.15, -0.1) is 0 Å². The van der Waals surface area contributed by atoms with Gasteiger partial charge in [0, 0.05) is 11.5 Å². The molecule has 0 aromatic heterocycles. The number of hydrogen-bond donors (Lipinski definition) is 0. The van der Waals surface area contributed by atoms with Gasteiger partial charge >= 0.3 is 0 Å². The van der Waals surface area contributed by atoms with Crippen LogP contribution in [0.2, 0.25) is 0 Å². The molecule has 3 nitrogen and oxygen atoms in total. The van der Waals surface area contributed by atoms with Gasteiger partial charge in [-0.2, -0.15) is 0 Å². The third-order valence-corrected chi connectivity index (χ3v) is 0.821. The molecule has 0 rings (SSSR count). The Morgan fingerprint density at radius 3 is 2.75 bits per heavy atom. The Bertz CT molecular complexity index is 83.7. The molecule has 0 saturated heterocycles. The molecule has 0 aromatic rings. The first-order valence-electron chi connectivity index (χ1n) is 2.72. The second-order valence-electron chi connectivity index (χ2n) is 1.52. The van der Waals surface area contributed by atoms with E-state index in [2.05, 4.69) is 16.9 Å². The predicted molar refractivity (Wildman–Crippen MR) is 33.2 cm³/mol. The molecule has 0 bridgehead atoms. The molecule has 0 saturated carbocycles. The van der Waals surface area contributed by atoms with Gasteiger partial charge in [0.25, 0.3) is 0 Å². The molecule has 0 aromatic carbocycles. The molecular weight excluding hydrogens is 102 g/mol. The smallest absolute Gasteiger partial charge is 0.0257 e. The van der Waals surface area contributed by atoms with E-state index in [-0.39, 0.29) is 0 Å². The average Bonchev–Trinajstić information content (AvgIpc) is 1.81. The normalized spacial score (nSPS) is 8.12. The van der Waals surface area contributed by atoms with Crippen molar-refractivity contribution in [3.8, 4) is 0 Å². The van der Waals surface area contributed by atoms with Gasteiger partial charge in [-0.05, 0) is 12.0 Å². The molecule has 0 N–H and O–H groups in total. The number of azide groups is 1. The summed E-state index contributed by atoms with van der Waals surface area (Å²) >= 11 is 0. The highest BCUT2D eigenvalue weighted by molar-refractivity contribution is 4.48. The second-order valence-corrected chi connectivity index (χ2v) is 1.52. The maximum Gasteiger partial charge on any atom is 0.0257 e. The van der Waals surface area contributed by atoms with Crippen LogP contribution in [0.15, 0.2) is 5.11 Å². The Morgan fingerprint density at radius 2 is 2.25 bits per heavy atom. The van der Waals surface area contributed by atoms with Crippen LogP contribution < -0.4 is 0 Å². The molecule has 0 spiro atoms. The Morgan fingerprint density at radius 1 is 1.50 bits per heavy atom. The van der Waals surface area contributed by atoms with Crippen molar-refractivity contribution in [1.29, 1.82) is 0 Å². The van der Waals surface area contributed by atoms with E-state index >= 15 is 0 Å². The van der Waals surface area contributed by atoms with Crippen LogP contribution in [0.4, 0.5) is 0 Å². The largest absolute Gasteiger partial charge is 0.0940 e. The number of unbranched alkanes of at least 4 members (excludes halogenated alkanes) is 2. The minimum absolute atomic E-state index is 0.617. The van der Waals surface area contributed by atoms with Gasteiger partial charge in [0.1, 0.15) is 0 Å². The van der Waals surface area contributed by atoms with E-state index in [0.717, 1.165) is 19.3 Å². The third-order valence-electron chi connectivity index (χ3n) is 0.821. The molecule has 0 aliphatic rings. The summed E-state index contributed by atoms with van der Waals surface area (Å²) < 4.78 is 0. The van der Waals surface area contributed by atoms with Crippen molar-refractivity contribution >= 4 is 0 Å². The summed E-state index contributed by atoms with van der Waals surface area (Å²) in [7, 11) is 0. The molecule has 0 aliphatic heterocycles. The fourth-order valence-electron chi connectivity index (χ4n) is 0.404. The van der Waals surface area contributed by atoms with Crippen molar-refractivity contribution in [2.24, 2.45) is 5.11 Å². The van der Waals surface area contributed by atoms with Crippen molar-refractivity contribution in [1.82, 2.24) is 0 Å². The number of nitrogens with zero attached hydrogens (tertiary/aromatic N) is 3. The van der Waals surface area contributed by atoms with Crippen LogP contribution in [0, 0.1) is 6.92 Å².